The lowest BCUT2D eigenvalue weighted by Crippen LogP contribution is -2.49. The Hall–Kier alpha value is -1.40. The van der Waals surface area contributed by atoms with Crippen LogP contribution in [0, 0.1) is 0 Å². The van der Waals surface area contributed by atoms with E-state index in [1.54, 1.807) is 4.90 Å². The van der Waals surface area contributed by atoms with E-state index in [2.05, 4.69) is 0 Å². The first kappa shape index (κ1) is 17.0. The second-order valence-electron chi connectivity index (χ2n) is 6.64. The Kier molecular flexibility index (Phi) is 4.92. The fraction of sp³-hybridized carbons (Fsp3) is 0.562. The number of hydrogen-bond donors (Lipinski definition) is 0. The first-order valence-corrected chi connectivity index (χ1v) is 9.13. The molecule has 1 aliphatic heterocycles. The van der Waals surface area contributed by atoms with Gasteiger partial charge in [0.2, 0.25) is 15.9 Å². The molecule has 1 saturated heterocycles. The molecule has 0 radical (unpaired) electrons. The van der Waals surface area contributed by atoms with Crippen molar-refractivity contribution in [2.45, 2.75) is 39.3 Å². The number of nitrogens with zero attached hydrogens (tertiary/aromatic N) is 2. The van der Waals surface area contributed by atoms with Gasteiger partial charge in [-0.15, -0.1) is 0 Å². The van der Waals surface area contributed by atoms with Gasteiger partial charge in [-0.25, -0.2) is 8.42 Å². The maximum absolute atomic E-state index is 12.7. The number of sulfonamides is 1. The monoisotopic (exact) mass is 324 g/mol. The van der Waals surface area contributed by atoms with Gasteiger partial charge in [0.05, 0.1) is 12.3 Å². The molecular weight excluding hydrogens is 300 g/mol. The van der Waals surface area contributed by atoms with Gasteiger partial charge in [-0.2, -0.15) is 4.31 Å². The number of carbonyl (C=O) groups excluding carboxylic acids is 1. The normalized spacial score (nSPS) is 18.3. The van der Waals surface area contributed by atoms with Gasteiger partial charge < -0.3 is 4.90 Å². The smallest absolute Gasteiger partial charge is 0.238 e. The highest BCUT2D eigenvalue weighted by molar-refractivity contribution is 7.89. The molecule has 0 aromatic heterocycles. The molecule has 0 atom stereocenters. The molecular formula is C16H24N2O3S. The predicted octanol–water partition coefficient (Wildman–Crippen LogP) is 1.85. The van der Waals surface area contributed by atoms with Gasteiger partial charge >= 0.3 is 0 Å². The highest BCUT2D eigenvalue weighted by Crippen LogP contribution is 2.20. The summed E-state index contributed by atoms with van der Waals surface area (Å²) in [5.41, 5.74) is 0.672. The van der Waals surface area contributed by atoms with Crippen LogP contribution in [0.4, 0.5) is 0 Å². The molecule has 0 saturated carbocycles. The zero-order valence-electron chi connectivity index (χ0n) is 13.4. The van der Waals surface area contributed by atoms with E-state index in [1.807, 2.05) is 51.1 Å². The molecule has 1 aromatic rings. The Morgan fingerprint density at radius 2 is 1.86 bits per heavy atom. The first-order chi connectivity index (χ1) is 10.2. The molecule has 1 heterocycles. The van der Waals surface area contributed by atoms with Crippen LogP contribution in [0.5, 0.6) is 0 Å². The zero-order chi connectivity index (χ0) is 16.4. The van der Waals surface area contributed by atoms with Gasteiger partial charge in [0.1, 0.15) is 0 Å². The van der Waals surface area contributed by atoms with Crippen molar-refractivity contribution < 1.29 is 13.2 Å². The summed E-state index contributed by atoms with van der Waals surface area (Å²) in [6.45, 7) is 6.76. The van der Waals surface area contributed by atoms with Gasteiger partial charge in [0, 0.05) is 18.6 Å². The molecule has 1 aromatic carbocycles. The van der Waals surface area contributed by atoms with Gasteiger partial charge in [0.15, 0.2) is 0 Å². The summed E-state index contributed by atoms with van der Waals surface area (Å²) >= 11 is 0. The van der Waals surface area contributed by atoms with E-state index in [4.69, 9.17) is 0 Å². The fourth-order valence-electron chi connectivity index (χ4n) is 2.57. The molecule has 0 bridgehead atoms. The Morgan fingerprint density at radius 3 is 2.36 bits per heavy atom. The molecule has 0 N–H and O–H groups in total. The van der Waals surface area contributed by atoms with Crippen LogP contribution in [0.2, 0.25) is 0 Å². The third-order valence-corrected chi connectivity index (χ3v) is 5.71. The standard InChI is InChI=1S/C16H24N2O3S/c1-16(2,3)18(12-14-8-5-4-6-9-14)15(19)13-17-10-7-11-22(17,20)21/h4-6,8-9H,7,10-13H2,1-3H3. The molecule has 0 unspecified atom stereocenters. The summed E-state index contributed by atoms with van der Waals surface area (Å²) in [5, 5.41) is 0. The second-order valence-corrected chi connectivity index (χ2v) is 8.73. The Bertz CT molecular complexity index is 621. The topological polar surface area (TPSA) is 57.7 Å². The zero-order valence-corrected chi connectivity index (χ0v) is 14.3. The van der Waals surface area contributed by atoms with Crippen LogP contribution in [-0.4, -0.2) is 47.9 Å². The van der Waals surface area contributed by atoms with E-state index < -0.39 is 10.0 Å². The third-order valence-electron chi connectivity index (χ3n) is 3.81. The number of carbonyl (C=O) groups is 1. The van der Waals surface area contributed by atoms with E-state index in [9.17, 15) is 13.2 Å². The molecule has 0 spiro atoms. The largest absolute Gasteiger partial charge is 0.332 e. The minimum Gasteiger partial charge on any atom is -0.332 e. The van der Waals surface area contributed by atoms with E-state index in [-0.39, 0.29) is 23.7 Å². The maximum Gasteiger partial charge on any atom is 0.238 e. The molecule has 1 aliphatic rings. The van der Waals surface area contributed by atoms with Crippen molar-refractivity contribution in [3.05, 3.63) is 35.9 Å². The summed E-state index contributed by atoms with van der Waals surface area (Å²) in [6, 6.07) is 9.75. The summed E-state index contributed by atoms with van der Waals surface area (Å²) in [4.78, 5) is 14.4. The van der Waals surface area contributed by atoms with Crippen molar-refractivity contribution in [3.8, 4) is 0 Å². The molecule has 6 heteroatoms. The molecule has 122 valence electrons. The number of hydrogen-bond acceptors (Lipinski definition) is 3. The van der Waals surface area contributed by atoms with Crippen molar-refractivity contribution in [3.63, 3.8) is 0 Å². The summed E-state index contributed by atoms with van der Waals surface area (Å²) in [6.07, 6.45) is 0.601. The van der Waals surface area contributed by atoms with E-state index >= 15 is 0 Å². The molecule has 5 nitrogen and oxygen atoms in total. The minimum absolute atomic E-state index is 0.0631. The maximum atomic E-state index is 12.7. The Labute approximate surface area is 133 Å². The van der Waals surface area contributed by atoms with Crippen LogP contribution in [0.25, 0.3) is 0 Å². The Morgan fingerprint density at radius 1 is 1.23 bits per heavy atom. The number of rotatable bonds is 4. The highest BCUT2D eigenvalue weighted by Gasteiger charge is 2.34. The van der Waals surface area contributed by atoms with Crippen molar-refractivity contribution in [1.82, 2.24) is 9.21 Å². The summed E-state index contributed by atoms with van der Waals surface area (Å²) in [5.74, 6) is -0.00378. The van der Waals surface area contributed by atoms with Crippen molar-refractivity contribution in [1.29, 1.82) is 0 Å². The van der Waals surface area contributed by atoms with Crippen LogP contribution >= 0.6 is 0 Å². The van der Waals surface area contributed by atoms with Crippen molar-refractivity contribution in [2.75, 3.05) is 18.8 Å². The SMILES string of the molecule is CC(C)(C)N(Cc1ccccc1)C(=O)CN1CCCS1(=O)=O. The summed E-state index contributed by atoms with van der Waals surface area (Å²) in [7, 11) is -3.25. The molecule has 1 amide bonds. The average molecular weight is 324 g/mol. The van der Waals surface area contributed by atoms with Crippen LogP contribution in [-0.2, 0) is 21.4 Å². The van der Waals surface area contributed by atoms with Crippen molar-refractivity contribution in [2.24, 2.45) is 0 Å². The third kappa shape index (κ3) is 4.08. The second kappa shape index (κ2) is 6.38. The quantitative estimate of drug-likeness (QED) is 0.849. The first-order valence-electron chi connectivity index (χ1n) is 7.52. The van der Waals surface area contributed by atoms with Crippen LogP contribution < -0.4 is 0 Å². The van der Waals surface area contributed by atoms with Crippen LogP contribution in [0.3, 0.4) is 0 Å². The predicted molar refractivity (Wildman–Crippen MR) is 86.7 cm³/mol. The lowest BCUT2D eigenvalue weighted by atomic mass is 10.0. The van der Waals surface area contributed by atoms with E-state index in [0.717, 1.165) is 5.56 Å². The van der Waals surface area contributed by atoms with Gasteiger partial charge in [-0.1, -0.05) is 30.3 Å². The van der Waals surface area contributed by atoms with Gasteiger partial charge in [0.25, 0.3) is 0 Å². The van der Waals surface area contributed by atoms with Crippen LogP contribution in [0.1, 0.15) is 32.8 Å². The minimum atomic E-state index is -3.25. The van der Waals surface area contributed by atoms with Crippen LogP contribution in [0.15, 0.2) is 30.3 Å². The highest BCUT2D eigenvalue weighted by atomic mass is 32.2. The van der Waals surface area contributed by atoms with Gasteiger partial charge in [-0.05, 0) is 32.8 Å². The average Bonchev–Trinajstić information content (AvgIpc) is 2.75. The van der Waals surface area contributed by atoms with Gasteiger partial charge in [-0.3, -0.25) is 4.79 Å². The summed E-state index contributed by atoms with van der Waals surface area (Å²) < 4.78 is 25.1. The van der Waals surface area contributed by atoms with E-state index in [0.29, 0.717) is 19.5 Å². The molecule has 22 heavy (non-hydrogen) atoms. The fourth-order valence-corrected chi connectivity index (χ4v) is 4.04. The number of amides is 1. The van der Waals surface area contributed by atoms with Crippen molar-refractivity contribution >= 4 is 15.9 Å². The lowest BCUT2D eigenvalue weighted by Gasteiger charge is -2.36. The molecule has 2 rings (SSSR count). The lowest BCUT2D eigenvalue weighted by molar-refractivity contribution is -0.136. The molecule has 1 fully saturated rings. The number of benzene rings is 1. The Balaban J connectivity index is 2.14. The van der Waals surface area contributed by atoms with E-state index in [1.165, 1.54) is 4.31 Å². The molecule has 0 aliphatic carbocycles.